The van der Waals surface area contributed by atoms with E-state index in [0.717, 1.165) is 57.6 Å². The highest BCUT2D eigenvalue weighted by molar-refractivity contribution is 7.90. The van der Waals surface area contributed by atoms with Crippen molar-refractivity contribution >= 4 is 27.3 Å². The lowest BCUT2D eigenvalue weighted by Crippen LogP contribution is -2.53. The Morgan fingerprint density at radius 2 is 1.74 bits per heavy atom. The van der Waals surface area contributed by atoms with E-state index >= 15 is 0 Å². The molecule has 39 heavy (non-hydrogen) atoms. The molecule has 1 amide bonds. The van der Waals surface area contributed by atoms with Crippen LogP contribution in [0.2, 0.25) is 0 Å². The third-order valence-electron chi connectivity index (χ3n) is 9.15. The fraction of sp³-hybridized carbons (Fsp3) is 0.552. The van der Waals surface area contributed by atoms with Crippen LogP contribution in [0.25, 0.3) is 0 Å². The zero-order chi connectivity index (χ0) is 27.8. The summed E-state index contributed by atoms with van der Waals surface area (Å²) >= 11 is 0. The monoisotopic (exact) mass is 553 g/mol. The lowest BCUT2D eigenvalue weighted by Gasteiger charge is -2.49. The van der Waals surface area contributed by atoms with Gasteiger partial charge >= 0.3 is 0 Å². The Kier molecular flexibility index (Phi) is 7.67. The van der Waals surface area contributed by atoms with E-state index in [2.05, 4.69) is 64.4 Å². The molecule has 9 nitrogen and oxygen atoms in total. The van der Waals surface area contributed by atoms with Crippen LogP contribution in [0.5, 0.6) is 0 Å². The number of nitrogens with zero attached hydrogens (tertiary/aromatic N) is 2. The van der Waals surface area contributed by atoms with E-state index in [-0.39, 0.29) is 40.3 Å². The summed E-state index contributed by atoms with van der Waals surface area (Å²) in [5.41, 5.74) is 8.75. The first-order valence-electron chi connectivity index (χ1n) is 13.8. The topological polar surface area (TPSA) is 120 Å². The van der Waals surface area contributed by atoms with Gasteiger partial charge in [-0.3, -0.25) is 19.9 Å². The van der Waals surface area contributed by atoms with Crippen LogP contribution in [0.4, 0.5) is 5.82 Å². The Morgan fingerprint density at radius 1 is 1.05 bits per heavy atom. The SMILES string of the molecule is CN(C)C1(c2ccccc2)CCC2(CC1)C[C@@H](c1ccc(S(C)(=O)=O)nc1NC(=O)C(=O)CC1CCC1)NN2. The van der Waals surface area contributed by atoms with Crippen molar-refractivity contribution < 1.29 is 18.0 Å². The highest BCUT2D eigenvalue weighted by Crippen LogP contribution is 2.48. The van der Waals surface area contributed by atoms with Gasteiger partial charge in [-0.2, -0.15) is 0 Å². The van der Waals surface area contributed by atoms with E-state index in [1.54, 1.807) is 6.07 Å². The second-order valence-electron chi connectivity index (χ2n) is 11.8. The molecule has 2 aromatic rings. The van der Waals surface area contributed by atoms with Gasteiger partial charge in [-0.05, 0) is 76.6 Å². The van der Waals surface area contributed by atoms with Crippen molar-refractivity contribution in [1.29, 1.82) is 0 Å². The van der Waals surface area contributed by atoms with Crippen LogP contribution in [0, 0.1) is 5.92 Å². The normalized spacial score (nSPS) is 27.4. The molecule has 0 bridgehead atoms. The highest BCUT2D eigenvalue weighted by Gasteiger charge is 2.48. The molecule has 0 unspecified atom stereocenters. The first-order valence-corrected chi connectivity index (χ1v) is 15.7. The molecule has 3 fully saturated rings. The number of ketones is 1. The number of anilines is 1. The number of hydrogen-bond donors (Lipinski definition) is 3. The maximum Gasteiger partial charge on any atom is 0.292 e. The van der Waals surface area contributed by atoms with Gasteiger partial charge in [-0.1, -0.05) is 42.8 Å². The number of Topliss-reactive ketones (excluding diaryl/α,β-unsaturated/α-hetero) is 1. The largest absolute Gasteiger partial charge is 0.304 e. The van der Waals surface area contributed by atoms with Crippen LogP contribution in [-0.2, 0) is 25.0 Å². The molecule has 2 saturated carbocycles. The highest BCUT2D eigenvalue weighted by atomic mass is 32.2. The molecule has 210 valence electrons. The number of rotatable bonds is 8. The first kappa shape index (κ1) is 27.9. The Balaban J connectivity index is 1.35. The Labute approximate surface area is 231 Å². The summed E-state index contributed by atoms with van der Waals surface area (Å²) in [4.78, 5) is 32.0. The van der Waals surface area contributed by atoms with Crippen LogP contribution < -0.4 is 16.2 Å². The maximum atomic E-state index is 12.8. The summed E-state index contributed by atoms with van der Waals surface area (Å²) < 4.78 is 24.5. The van der Waals surface area contributed by atoms with E-state index in [1.165, 1.54) is 11.6 Å². The zero-order valence-corrected chi connectivity index (χ0v) is 23.8. The predicted octanol–water partition coefficient (Wildman–Crippen LogP) is 3.49. The molecular formula is C29H39N5O4S. The Morgan fingerprint density at radius 3 is 2.33 bits per heavy atom. The smallest absolute Gasteiger partial charge is 0.292 e. The van der Waals surface area contributed by atoms with Gasteiger partial charge in [0.2, 0.25) is 5.78 Å². The number of carbonyl (C=O) groups excluding carboxylic acids is 2. The summed E-state index contributed by atoms with van der Waals surface area (Å²) in [5, 5.41) is 2.52. The van der Waals surface area contributed by atoms with Gasteiger partial charge in [-0.25, -0.2) is 18.8 Å². The molecule has 1 aliphatic heterocycles. The van der Waals surface area contributed by atoms with Crippen molar-refractivity contribution in [1.82, 2.24) is 20.7 Å². The number of nitrogens with one attached hydrogen (secondary N) is 3. The summed E-state index contributed by atoms with van der Waals surface area (Å²) in [6.07, 6.45) is 8.92. The summed E-state index contributed by atoms with van der Waals surface area (Å²) in [5.74, 6) is -0.836. The molecule has 3 N–H and O–H groups in total. The first-order chi connectivity index (χ1) is 18.5. The molecule has 0 radical (unpaired) electrons. The quantitative estimate of drug-likeness (QED) is 0.425. The minimum atomic E-state index is -3.60. The van der Waals surface area contributed by atoms with E-state index in [1.807, 2.05) is 6.07 Å². The van der Waals surface area contributed by atoms with Crippen LogP contribution in [-0.4, -0.2) is 55.9 Å². The molecule has 1 spiro atoms. The number of hydrogen-bond acceptors (Lipinski definition) is 8. The van der Waals surface area contributed by atoms with Crippen LogP contribution in [0.1, 0.15) is 75.0 Å². The lowest BCUT2D eigenvalue weighted by molar-refractivity contribution is -0.135. The minimum absolute atomic E-state index is 0.0368. The van der Waals surface area contributed by atoms with Crippen molar-refractivity contribution in [2.24, 2.45) is 5.92 Å². The number of sulfone groups is 1. The average Bonchev–Trinajstić information content (AvgIpc) is 3.29. The number of pyridine rings is 1. The van der Waals surface area contributed by atoms with E-state index < -0.39 is 21.5 Å². The Bertz CT molecular complexity index is 1330. The lowest BCUT2D eigenvalue weighted by atomic mass is 9.67. The Hall–Kier alpha value is -2.66. The van der Waals surface area contributed by atoms with Gasteiger partial charge in [0.15, 0.2) is 14.9 Å². The van der Waals surface area contributed by atoms with Crippen LogP contribution in [0.15, 0.2) is 47.5 Å². The van der Waals surface area contributed by atoms with Gasteiger partial charge in [0, 0.05) is 29.3 Å². The molecule has 1 saturated heterocycles. The number of benzene rings is 1. The third kappa shape index (κ3) is 5.66. The molecule has 2 heterocycles. The summed E-state index contributed by atoms with van der Waals surface area (Å²) in [7, 11) is 0.688. The molecule has 2 aliphatic carbocycles. The fourth-order valence-corrected chi connectivity index (χ4v) is 6.98. The zero-order valence-electron chi connectivity index (χ0n) is 23.0. The third-order valence-corrected chi connectivity index (χ3v) is 10.1. The van der Waals surface area contributed by atoms with Crippen molar-refractivity contribution in [3.05, 3.63) is 53.6 Å². The fourth-order valence-electron chi connectivity index (χ4n) is 6.40. The molecule has 3 aliphatic rings. The summed E-state index contributed by atoms with van der Waals surface area (Å²) in [6, 6.07) is 13.6. The number of amides is 1. The van der Waals surface area contributed by atoms with E-state index in [0.29, 0.717) is 5.56 Å². The molecule has 1 aromatic heterocycles. The minimum Gasteiger partial charge on any atom is -0.304 e. The van der Waals surface area contributed by atoms with Crippen LogP contribution in [0.3, 0.4) is 0 Å². The number of aromatic nitrogens is 1. The predicted molar refractivity (Wildman–Crippen MR) is 150 cm³/mol. The van der Waals surface area contributed by atoms with Gasteiger partial charge in [0.1, 0.15) is 5.82 Å². The van der Waals surface area contributed by atoms with Crippen molar-refractivity contribution in [2.75, 3.05) is 25.7 Å². The molecule has 5 rings (SSSR count). The molecule has 1 aromatic carbocycles. The van der Waals surface area contributed by atoms with Gasteiger partial charge in [-0.15, -0.1) is 0 Å². The van der Waals surface area contributed by atoms with Crippen LogP contribution >= 0.6 is 0 Å². The van der Waals surface area contributed by atoms with Crippen molar-refractivity contribution in [3.63, 3.8) is 0 Å². The molecular weight excluding hydrogens is 514 g/mol. The number of hydrazine groups is 1. The molecule has 10 heteroatoms. The second kappa shape index (κ2) is 10.7. The van der Waals surface area contributed by atoms with Gasteiger partial charge in [0.05, 0.1) is 6.04 Å². The average molecular weight is 554 g/mol. The van der Waals surface area contributed by atoms with E-state index in [4.69, 9.17) is 0 Å². The summed E-state index contributed by atoms with van der Waals surface area (Å²) in [6.45, 7) is 0. The second-order valence-corrected chi connectivity index (χ2v) is 13.8. The van der Waals surface area contributed by atoms with E-state index in [9.17, 15) is 18.0 Å². The van der Waals surface area contributed by atoms with Crippen molar-refractivity contribution in [2.45, 2.75) is 79.9 Å². The number of carbonyl (C=O) groups is 2. The van der Waals surface area contributed by atoms with Crippen molar-refractivity contribution in [3.8, 4) is 0 Å². The van der Waals surface area contributed by atoms with Gasteiger partial charge < -0.3 is 5.32 Å². The maximum absolute atomic E-state index is 12.8. The van der Waals surface area contributed by atoms with Gasteiger partial charge in [0.25, 0.3) is 5.91 Å². The standard InChI is InChI=1S/C29H39N5O4S/c1-34(2)29(21-10-5-4-6-11-21)16-14-28(15-17-29)19-23(32-33-28)22-12-13-25(39(3,37)38)30-26(22)31-27(36)24(35)18-20-8-7-9-20/h4-6,10-13,20,23,32-33H,7-9,14-19H2,1-3H3,(H,30,31,36)/t23-,28?,29?/m0/s1. The molecule has 1 atom stereocenters.